The molecule has 29 heavy (non-hydrogen) atoms. The van der Waals surface area contributed by atoms with Gasteiger partial charge in [-0.15, -0.1) is 0 Å². The Balaban J connectivity index is 2.06. The highest BCUT2D eigenvalue weighted by atomic mass is 35.5. The molecule has 0 aliphatic rings. The van der Waals surface area contributed by atoms with Crippen molar-refractivity contribution in [3.63, 3.8) is 0 Å². The number of pyridine rings is 1. The van der Waals surface area contributed by atoms with E-state index in [1.807, 2.05) is 0 Å². The van der Waals surface area contributed by atoms with E-state index in [0.717, 1.165) is 6.26 Å². The monoisotopic (exact) mass is 450 g/mol. The lowest BCUT2D eigenvalue weighted by Gasteiger charge is -2.08. The first kappa shape index (κ1) is 19.6. The van der Waals surface area contributed by atoms with Crippen LogP contribution in [0.2, 0.25) is 10.0 Å². The summed E-state index contributed by atoms with van der Waals surface area (Å²) in [6.07, 6.45) is 2.49. The molecule has 0 fully saturated rings. The third-order valence-corrected chi connectivity index (χ3v) is 5.59. The number of rotatable bonds is 3. The Bertz CT molecular complexity index is 1440. The van der Waals surface area contributed by atoms with E-state index in [2.05, 4.69) is 15.1 Å². The maximum Gasteiger partial charge on any atom is 0.347 e. The SMILES string of the molecule is Cc1cc(Cl)cc2c(=O)oc(-c3cc(S(C)(=O)=O)nn3-c3ncccc3Cl)nc12. The van der Waals surface area contributed by atoms with Crippen molar-refractivity contribution in [2.45, 2.75) is 11.9 Å². The summed E-state index contributed by atoms with van der Waals surface area (Å²) in [5.74, 6) is 0.0356. The van der Waals surface area contributed by atoms with E-state index in [1.54, 1.807) is 25.1 Å². The number of fused-ring (bicyclic) bond motifs is 1. The molecule has 0 spiro atoms. The summed E-state index contributed by atoms with van der Waals surface area (Å²) < 4.78 is 30.7. The molecule has 4 aromatic rings. The lowest BCUT2D eigenvalue weighted by Crippen LogP contribution is -2.08. The summed E-state index contributed by atoms with van der Waals surface area (Å²) in [6, 6.07) is 7.57. The fraction of sp³-hybridized carbons (Fsp3) is 0.111. The maximum absolute atomic E-state index is 12.5. The Hall–Kier alpha value is -2.75. The zero-order valence-electron chi connectivity index (χ0n) is 15.1. The highest BCUT2D eigenvalue weighted by Crippen LogP contribution is 2.28. The van der Waals surface area contributed by atoms with Gasteiger partial charge in [0.05, 0.1) is 15.9 Å². The molecular weight excluding hydrogens is 439 g/mol. The zero-order chi connectivity index (χ0) is 20.9. The van der Waals surface area contributed by atoms with Crippen LogP contribution in [0.1, 0.15) is 5.56 Å². The first-order valence-electron chi connectivity index (χ1n) is 8.17. The molecule has 0 atom stereocenters. The number of aryl methyl sites for hydroxylation is 1. The average Bonchev–Trinajstić information content (AvgIpc) is 3.08. The molecule has 0 radical (unpaired) electrons. The van der Waals surface area contributed by atoms with Gasteiger partial charge in [0, 0.05) is 23.5 Å². The van der Waals surface area contributed by atoms with Crippen molar-refractivity contribution in [2.24, 2.45) is 0 Å². The Labute approximate surface area is 174 Å². The lowest BCUT2D eigenvalue weighted by atomic mass is 10.1. The summed E-state index contributed by atoms with van der Waals surface area (Å²) in [6.45, 7) is 1.75. The molecular formula is C18H12Cl2N4O4S. The van der Waals surface area contributed by atoms with Crippen LogP contribution in [0.4, 0.5) is 0 Å². The van der Waals surface area contributed by atoms with Crippen molar-refractivity contribution in [1.82, 2.24) is 19.7 Å². The second-order valence-electron chi connectivity index (χ2n) is 6.29. The first-order chi connectivity index (χ1) is 13.6. The van der Waals surface area contributed by atoms with Crippen molar-refractivity contribution in [2.75, 3.05) is 6.26 Å². The van der Waals surface area contributed by atoms with E-state index >= 15 is 0 Å². The van der Waals surface area contributed by atoms with E-state index in [9.17, 15) is 13.2 Å². The molecule has 4 rings (SSSR count). The number of nitrogens with zero attached hydrogens (tertiary/aromatic N) is 4. The summed E-state index contributed by atoms with van der Waals surface area (Å²) in [5, 5.41) is 4.66. The Kier molecular flexibility index (Phi) is 4.68. The normalized spacial score (nSPS) is 11.9. The molecule has 0 amide bonds. The van der Waals surface area contributed by atoms with Gasteiger partial charge >= 0.3 is 5.63 Å². The molecule has 0 N–H and O–H groups in total. The summed E-state index contributed by atoms with van der Waals surface area (Å²) in [4.78, 5) is 21.1. The Morgan fingerprint density at radius 2 is 1.93 bits per heavy atom. The third kappa shape index (κ3) is 3.52. The van der Waals surface area contributed by atoms with Crippen LogP contribution in [-0.4, -0.2) is 34.4 Å². The predicted molar refractivity (Wildman–Crippen MR) is 108 cm³/mol. The second-order valence-corrected chi connectivity index (χ2v) is 9.09. The highest BCUT2D eigenvalue weighted by Gasteiger charge is 2.23. The third-order valence-electron chi connectivity index (χ3n) is 4.11. The number of benzene rings is 1. The number of sulfone groups is 1. The Morgan fingerprint density at radius 3 is 2.62 bits per heavy atom. The van der Waals surface area contributed by atoms with Gasteiger partial charge in [0.1, 0.15) is 5.69 Å². The summed E-state index contributed by atoms with van der Waals surface area (Å²) in [7, 11) is -3.67. The minimum atomic E-state index is -3.67. The number of hydrogen-bond acceptors (Lipinski definition) is 7. The second kappa shape index (κ2) is 6.94. The predicted octanol–water partition coefficient (Wildman–Crippen LogP) is 3.45. The average molecular weight is 451 g/mol. The molecule has 3 aromatic heterocycles. The minimum Gasteiger partial charge on any atom is -0.401 e. The van der Waals surface area contributed by atoms with Crippen LogP contribution in [-0.2, 0) is 9.84 Å². The van der Waals surface area contributed by atoms with Crippen molar-refractivity contribution >= 4 is 43.9 Å². The summed E-state index contributed by atoms with van der Waals surface area (Å²) >= 11 is 12.2. The quantitative estimate of drug-likeness (QED) is 0.470. The molecule has 3 heterocycles. The smallest absolute Gasteiger partial charge is 0.347 e. The van der Waals surface area contributed by atoms with Gasteiger partial charge in [0.25, 0.3) is 0 Å². The van der Waals surface area contributed by atoms with Gasteiger partial charge in [-0.1, -0.05) is 23.2 Å². The fourth-order valence-corrected chi connectivity index (χ4v) is 3.83. The molecule has 1 aromatic carbocycles. The molecule has 0 bridgehead atoms. The van der Waals surface area contributed by atoms with Gasteiger partial charge in [0.15, 0.2) is 20.7 Å². The molecule has 0 aliphatic carbocycles. The molecule has 0 aliphatic heterocycles. The van der Waals surface area contributed by atoms with E-state index < -0.39 is 15.5 Å². The largest absolute Gasteiger partial charge is 0.401 e. The molecule has 0 unspecified atom stereocenters. The van der Waals surface area contributed by atoms with Gasteiger partial charge in [-0.25, -0.2) is 27.9 Å². The molecule has 8 nitrogen and oxygen atoms in total. The fourth-order valence-electron chi connectivity index (χ4n) is 2.80. The number of aromatic nitrogens is 4. The van der Waals surface area contributed by atoms with Gasteiger partial charge in [-0.05, 0) is 36.8 Å². The van der Waals surface area contributed by atoms with Crippen LogP contribution >= 0.6 is 23.2 Å². The molecule has 0 saturated carbocycles. The van der Waals surface area contributed by atoms with Crippen LogP contribution in [0.25, 0.3) is 28.3 Å². The first-order valence-corrected chi connectivity index (χ1v) is 10.8. The van der Waals surface area contributed by atoms with Crippen LogP contribution < -0.4 is 5.63 Å². The number of halogens is 2. The van der Waals surface area contributed by atoms with E-state index in [1.165, 1.54) is 23.0 Å². The highest BCUT2D eigenvalue weighted by molar-refractivity contribution is 7.90. The van der Waals surface area contributed by atoms with Gasteiger partial charge < -0.3 is 4.42 Å². The zero-order valence-corrected chi connectivity index (χ0v) is 17.4. The van der Waals surface area contributed by atoms with Gasteiger partial charge in [-0.2, -0.15) is 5.10 Å². The van der Waals surface area contributed by atoms with E-state index in [4.69, 9.17) is 27.6 Å². The summed E-state index contributed by atoms with van der Waals surface area (Å²) in [5.41, 5.74) is 0.476. The lowest BCUT2D eigenvalue weighted by molar-refractivity contribution is 0.513. The van der Waals surface area contributed by atoms with Crippen LogP contribution in [0.15, 0.2) is 50.8 Å². The maximum atomic E-state index is 12.5. The standard InChI is InChI=1S/C18H12Cl2N4O4S/c1-9-6-10(19)7-11-15(9)22-17(28-18(11)25)13-8-14(29(2,26)27)23-24(13)16-12(20)4-3-5-21-16/h3-8H,1-2H3. The minimum absolute atomic E-state index is 0.111. The molecule has 148 valence electrons. The topological polar surface area (TPSA) is 108 Å². The van der Waals surface area contributed by atoms with Crippen LogP contribution in [0, 0.1) is 6.92 Å². The molecule has 0 saturated heterocycles. The molecule has 11 heteroatoms. The number of hydrogen-bond donors (Lipinski definition) is 0. The van der Waals surface area contributed by atoms with E-state index in [0.29, 0.717) is 16.1 Å². The van der Waals surface area contributed by atoms with Crippen LogP contribution in [0.3, 0.4) is 0 Å². The van der Waals surface area contributed by atoms with Crippen molar-refractivity contribution < 1.29 is 12.8 Å². The van der Waals surface area contributed by atoms with Gasteiger partial charge in [-0.3, -0.25) is 0 Å². The van der Waals surface area contributed by atoms with Crippen molar-refractivity contribution in [3.8, 4) is 17.4 Å². The van der Waals surface area contributed by atoms with E-state index in [-0.39, 0.29) is 32.8 Å². The van der Waals surface area contributed by atoms with Crippen LogP contribution in [0.5, 0.6) is 0 Å². The Morgan fingerprint density at radius 1 is 1.17 bits per heavy atom. The van der Waals surface area contributed by atoms with Gasteiger partial charge in [0.2, 0.25) is 5.89 Å². The van der Waals surface area contributed by atoms with Crippen molar-refractivity contribution in [3.05, 3.63) is 62.6 Å². The van der Waals surface area contributed by atoms with Crippen molar-refractivity contribution in [1.29, 1.82) is 0 Å².